The van der Waals surface area contributed by atoms with Crippen LogP contribution in [-0.2, 0) is 0 Å². The molecule has 0 fully saturated rings. The van der Waals surface area contributed by atoms with Crippen molar-refractivity contribution in [2.24, 2.45) is 0 Å². The molecule has 0 saturated carbocycles. The van der Waals surface area contributed by atoms with Gasteiger partial charge in [-0.1, -0.05) is 11.6 Å². The van der Waals surface area contributed by atoms with Crippen LogP contribution in [0.5, 0.6) is 0 Å². The first-order valence-electron chi connectivity index (χ1n) is 4.57. The van der Waals surface area contributed by atoms with Crippen molar-refractivity contribution in [1.29, 1.82) is 0 Å². The number of nitrogens with zero attached hydrogens (tertiary/aromatic N) is 3. The summed E-state index contributed by atoms with van der Waals surface area (Å²) in [6, 6.07) is 1.94. The number of hydrogen-bond acceptors (Lipinski definition) is 5. The van der Waals surface area contributed by atoms with Crippen molar-refractivity contribution in [3.05, 3.63) is 27.7 Å². The van der Waals surface area contributed by atoms with Gasteiger partial charge in [-0.15, -0.1) is 22.7 Å². The van der Waals surface area contributed by atoms with Gasteiger partial charge in [0, 0.05) is 11.1 Å². The molecule has 0 aromatic carbocycles. The SMILES string of the molecule is Cc1csc(-c2nc(Cl)c3sccc3n2)n1. The first kappa shape index (κ1) is 10.1. The molecule has 3 nitrogen and oxygen atoms in total. The number of aromatic nitrogens is 3. The molecule has 0 unspecified atom stereocenters. The largest absolute Gasteiger partial charge is 0.238 e. The smallest absolute Gasteiger partial charge is 0.190 e. The van der Waals surface area contributed by atoms with Crippen LogP contribution < -0.4 is 0 Å². The van der Waals surface area contributed by atoms with Crippen molar-refractivity contribution >= 4 is 44.5 Å². The Bertz CT molecular complexity index is 659. The molecule has 80 valence electrons. The van der Waals surface area contributed by atoms with E-state index in [0.717, 1.165) is 20.9 Å². The van der Waals surface area contributed by atoms with Gasteiger partial charge >= 0.3 is 0 Å². The van der Waals surface area contributed by atoms with Crippen molar-refractivity contribution in [3.63, 3.8) is 0 Å². The van der Waals surface area contributed by atoms with Crippen LogP contribution in [0.1, 0.15) is 5.69 Å². The summed E-state index contributed by atoms with van der Waals surface area (Å²) in [4.78, 5) is 13.1. The minimum atomic E-state index is 0.503. The molecule has 0 bridgehead atoms. The predicted molar refractivity (Wildman–Crippen MR) is 68.3 cm³/mol. The normalized spacial score (nSPS) is 11.1. The Morgan fingerprint density at radius 3 is 2.81 bits per heavy atom. The highest BCUT2D eigenvalue weighted by Gasteiger charge is 2.11. The van der Waals surface area contributed by atoms with Crippen molar-refractivity contribution in [1.82, 2.24) is 15.0 Å². The molecule has 16 heavy (non-hydrogen) atoms. The van der Waals surface area contributed by atoms with E-state index in [1.807, 2.05) is 23.8 Å². The fraction of sp³-hybridized carbons (Fsp3) is 0.100. The van der Waals surface area contributed by atoms with E-state index in [4.69, 9.17) is 11.6 Å². The second kappa shape index (κ2) is 3.76. The minimum Gasteiger partial charge on any atom is -0.238 e. The molecule has 3 heterocycles. The highest BCUT2D eigenvalue weighted by atomic mass is 35.5. The molecule has 6 heteroatoms. The van der Waals surface area contributed by atoms with E-state index < -0.39 is 0 Å². The average molecular weight is 268 g/mol. The molecule has 0 N–H and O–H groups in total. The number of rotatable bonds is 1. The van der Waals surface area contributed by atoms with Gasteiger partial charge in [-0.05, 0) is 18.4 Å². The minimum absolute atomic E-state index is 0.503. The van der Waals surface area contributed by atoms with Crippen molar-refractivity contribution < 1.29 is 0 Å². The fourth-order valence-electron chi connectivity index (χ4n) is 1.38. The maximum atomic E-state index is 6.10. The first-order chi connectivity index (χ1) is 7.74. The molecule has 0 atom stereocenters. The Morgan fingerprint density at radius 1 is 1.19 bits per heavy atom. The summed E-state index contributed by atoms with van der Waals surface area (Å²) in [5.74, 6) is 0.606. The van der Waals surface area contributed by atoms with Crippen molar-refractivity contribution in [2.45, 2.75) is 6.92 Å². The van der Waals surface area contributed by atoms with E-state index in [1.165, 1.54) is 11.3 Å². The van der Waals surface area contributed by atoms with Crippen molar-refractivity contribution in [3.8, 4) is 10.8 Å². The number of halogens is 1. The van der Waals surface area contributed by atoms with Gasteiger partial charge in [0.05, 0.1) is 10.2 Å². The number of thiazole rings is 1. The second-order valence-electron chi connectivity index (χ2n) is 3.27. The maximum absolute atomic E-state index is 6.10. The Balaban J connectivity index is 2.24. The first-order valence-corrected chi connectivity index (χ1v) is 6.71. The van der Waals surface area contributed by atoms with E-state index in [0.29, 0.717) is 11.0 Å². The molecular formula is C10H6ClN3S2. The van der Waals surface area contributed by atoms with Crippen LogP contribution in [0.3, 0.4) is 0 Å². The van der Waals surface area contributed by atoms with E-state index in [9.17, 15) is 0 Å². The van der Waals surface area contributed by atoms with Gasteiger partial charge in [-0.2, -0.15) is 0 Å². The van der Waals surface area contributed by atoms with E-state index in [1.54, 1.807) is 11.3 Å². The van der Waals surface area contributed by atoms with Gasteiger partial charge in [0.2, 0.25) is 0 Å². The van der Waals surface area contributed by atoms with Gasteiger partial charge in [-0.3, -0.25) is 0 Å². The van der Waals surface area contributed by atoms with Crippen LogP contribution in [0.25, 0.3) is 21.0 Å². The standard InChI is InChI=1S/C10H6ClN3S2/c1-5-4-16-10(12-5)9-13-6-2-3-15-7(6)8(11)14-9/h2-4H,1H3. The van der Waals surface area contributed by atoms with Crippen LogP contribution in [0.2, 0.25) is 5.15 Å². The zero-order valence-electron chi connectivity index (χ0n) is 8.27. The molecule has 0 spiro atoms. The Kier molecular flexibility index (Phi) is 2.38. The summed E-state index contributed by atoms with van der Waals surface area (Å²) in [6.07, 6.45) is 0. The molecule has 0 amide bonds. The number of fused-ring (bicyclic) bond motifs is 1. The van der Waals surface area contributed by atoms with Gasteiger partial charge in [-0.25, -0.2) is 15.0 Å². The third-order valence-corrected chi connectivity index (χ3v) is 4.32. The highest BCUT2D eigenvalue weighted by Crippen LogP contribution is 2.29. The number of thiophene rings is 1. The molecule has 0 aliphatic carbocycles. The quantitative estimate of drug-likeness (QED) is 0.630. The lowest BCUT2D eigenvalue weighted by Gasteiger charge is -1.97. The summed E-state index contributed by atoms with van der Waals surface area (Å²) in [5, 5.41) is 5.25. The lowest BCUT2D eigenvalue weighted by molar-refractivity contribution is 1.18. The third kappa shape index (κ3) is 1.61. The third-order valence-electron chi connectivity index (χ3n) is 2.07. The molecule has 0 radical (unpaired) electrons. The van der Waals surface area contributed by atoms with Crippen LogP contribution in [-0.4, -0.2) is 15.0 Å². The topological polar surface area (TPSA) is 38.7 Å². The maximum Gasteiger partial charge on any atom is 0.190 e. The molecule has 0 saturated heterocycles. The average Bonchev–Trinajstić information content (AvgIpc) is 2.85. The summed E-state index contributed by atoms with van der Waals surface area (Å²) >= 11 is 9.18. The molecule has 0 aliphatic rings. The second-order valence-corrected chi connectivity index (χ2v) is 5.40. The van der Waals surface area contributed by atoms with Gasteiger partial charge in [0.25, 0.3) is 0 Å². The lowest BCUT2D eigenvalue weighted by Crippen LogP contribution is -1.89. The number of hydrogen-bond donors (Lipinski definition) is 0. The molecule has 3 aromatic rings. The molecular weight excluding hydrogens is 262 g/mol. The summed E-state index contributed by atoms with van der Waals surface area (Å²) < 4.78 is 0.929. The summed E-state index contributed by atoms with van der Waals surface area (Å²) in [6.45, 7) is 1.95. The van der Waals surface area contributed by atoms with Crippen LogP contribution in [0.15, 0.2) is 16.8 Å². The highest BCUT2D eigenvalue weighted by molar-refractivity contribution is 7.17. The predicted octanol–water partition coefficient (Wildman–Crippen LogP) is 3.78. The Hall–Kier alpha value is -1.04. The Labute approximate surface area is 105 Å². The lowest BCUT2D eigenvalue weighted by atomic mass is 10.4. The van der Waals surface area contributed by atoms with E-state index >= 15 is 0 Å². The zero-order valence-corrected chi connectivity index (χ0v) is 10.7. The summed E-state index contributed by atoms with van der Waals surface area (Å²) in [5.41, 5.74) is 1.86. The van der Waals surface area contributed by atoms with Crippen LogP contribution in [0.4, 0.5) is 0 Å². The van der Waals surface area contributed by atoms with E-state index in [-0.39, 0.29) is 0 Å². The van der Waals surface area contributed by atoms with E-state index in [2.05, 4.69) is 15.0 Å². The molecule has 0 aliphatic heterocycles. The molecule has 3 aromatic heterocycles. The monoisotopic (exact) mass is 267 g/mol. The van der Waals surface area contributed by atoms with Crippen LogP contribution in [0, 0.1) is 6.92 Å². The Morgan fingerprint density at radius 2 is 2.06 bits per heavy atom. The van der Waals surface area contributed by atoms with Gasteiger partial charge in [0.1, 0.15) is 0 Å². The fourth-order valence-corrected chi connectivity index (χ4v) is 3.13. The zero-order chi connectivity index (χ0) is 11.1. The van der Waals surface area contributed by atoms with Gasteiger partial charge in [0.15, 0.2) is 16.0 Å². The van der Waals surface area contributed by atoms with Gasteiger partial charge < -0.3 is 0 Å². The molecule has 3 rings (SSSR count). The number of aryl methyl sites for hydroxylation is 1. The summed E-state index contributed by atoms with van der Waals surface area (Å²) in [7, 11) is 0. The van der Waals surface area contributed by atoms with Crippen molar-refractivity contribution in [2.75, 3.05) is 0 Å². The van der Waals surface area contributed by atoms with Crippen LogP contribution >= 0.6 is 34.3 Å².